The lowest BCUT2D eigenvalue weighted by atomic mass is 10.1. The summed E-state index contributed by atoms with van der Waals surface area (Å²) in [5.74, 6) is -0.492. The number of thioether (sulfide) groups is 1. The summed E-state index contributed by atoms with van der Waals surface area (Å²) in [6, 6.07) is 4.94. The Balaban J connectivity index is 2.00. The van der Waals surface area contributed by atoms with Crippen molar-refractivity contribution in [2.45, 2.75) is 31.2 Å². The molecule has 126 valence electrons. The van der Waals surface area contributed by atoms with Gasteiger partial charge in [-0.05, 0) is 31.9 Å². The van der Waals surface area contributed by atoms with Crippen LogP contribution in [0.5, 0.6) is 0 Å². The second-order valence-electron chi connectivity index (χ2n) is 5.25. The molecule has 1 saturated heterocycles. The number of thiocarbonyl (C=S) groups is 1. The molecular weight excluding hydrogens is 345 g/mol. The van der Waals surface area contributed by atoms with Gasteiger partial charge < -0.3 is 10.2 Å². The number of nitrogens with one attached hydrogen (secondary N) is 1. The number of rotatable bonds is 3. The van der Waals surface area contributed by atoms with Gasteiger partial charge in [0.1, 0.15) is 4.32 Å². The Hall–Kier alpha value is -1.28. The number of hydrogen-bond donors (Lipinski definition) is 1. The van der Waals surface area contributed by atoms with Crippen LogP contribution in [0.4, 0.5) is 18.9 Å². The van der Waals surface area contributed by atoms with Gasteiger partial charge in [0.2, 0.25) is 5.91 Å². The number of anilines is 1. The molecule has 1 aliphatic rings. The number of para-hydroxylation sites is 1. The van der Waals surface area contributed by atoms with E-state index in [4.69, 9.17) is 12.2 Å². The number of amides is 1. The molecular formula is C15H17F3N2OS2. The third-order valence-electron chi connectivity index (χ3n) is 3.50. The van der Waals surface area contributed by atoms with Crippen LogP contribution in [-0.4, -0.2) is 33.5 Å². The van der Waals surface area contributed by atoms with Gasteiger partial charge in [-0.25, -0.2) is 0 Å². The lowest BCUT2D eigenvalue weighted by Gasteiger charge is -2.21. The van der Waals surface area contributed by atoms with Crippen LogP contribution in [0, 0.1) is 0 Å². The second kappa shape index (κ2) is 7.53. The summed E-state index contributed by atoms with van der Waals surface area (Å²) in [4.78, 5) is 14.2. The van der Waals surface area contributed by atoms with E-state index in [1.54, 1.807) is 6.92 Å². The molecule has 0 aromatic heterocycles. The molecule has 0 aliphatic carbocycles. The Morgan fingerprint density at radius 3 is 2.52 bits per heavy atom. The maximum Gasteiger partial charge on any atom is 0.418 e. The van der Waals surface area contributed by atoms with E-state index in [1.807, 2.05) is 4.90 Å². The lowest BCUT2D eigenvalue weighted by Crippen LogP contribution is -2.30. The summed E-state index contributed by atoms with van der Waals surface area (Å²) >= 11 is 6.49. The second-order valence-corrected chi connectivity index (χ2v) is 7.23. The molecule has 1 aromatic rings. The third kappa shape index (κ3) is 4.84. The van der Waals surface area contributed by atoms with Crippen molar-refractivity contribution in [3.63, 3.8) is 0 Å². The topological polar surface area (TPSA) is 32.3 Å². The van der Waals surface area contributed by atoms with Crippen molar-refractivity contribution in [1.82, 2.24) is 4.90 Å². The Morgan fingerprint density at radius 2 is 1.91 bits per heavy atom. The van der Waals surface area contributed by atoms with Crippen LogP contribution in [0.2, 0.25) is 0 Å². The van der Waals surface area contributed by atoms with Crippen molar-refractivity contribution in [1.29, 1.82) is 0 Å². The zero-order chi connectivity index (χ0) is 17.0. The molecule has 1 heterocycles. The van der Waals surface area contributed by atoms with Crippen molar-refractivity contribution in [3.8, 4) is 0 Å². The molecule has 1 aromatic carbocycles. The highest BCUT2D eigenvalue weighted by atomic mass is 32.2. The fourth-order valence-electron chi connectivity index (χ4n) is 2.25. The van der Waals surface area contributed by atoms with Crippen molar-refractivity contribution >= 4 is 39.9 Å². The van der Waals surface area contributed by atoms with E-state index in [0.717, 1.165) is 32.0 Å². The average molecular weight is 362 g/mol. The van der Waals surface area contributed by atoms with E-state index in [1.165, 1.54) is 30.0 Å². The van der Waals surface area contributed by atoms with Gasteiger partial charge in [-0.1, -0.05) is 36.1 Å². The predicted octanol–water partition coefficient (Wildman–Crippen LogP) is 4.15. The van der Waals surface area contributed by atoms with Crippen LogP contribution in [0.3, 0.4) is 0 Å². The van der Waals surface area contributed by atoms with Crippen molar-refractivity contribution < 1.29 is 18.0 Å². The standard InChI is InChI=1S/C15H17F3N2OS2/c1-10(23-14(22)20-8-4-5-9-20)13(21)19-12-7-3-2-6-11(12)15(16,17)18/h2-3,6-7,10H,4-5,8-9H2,1H3,(H,19,21)/t10-/m0/s1. The molecule has 0 saturated carbocycles. The van der Waals surface area contributed by atoms with E-state index in [2.05, 4.69) is 5.32 Å². The predicted molar refractivity (Wildman–Crippen MR) is 90.5 cm³/mol. The van der Waals surface area contributed by atoms with Gasteiger partial charge in [-0.3, -0.25) is 4.79 Å². The van der Waals surface area contributed by atoms with E-state index in [9.17, 15) is 18.0 Å². The molecule has 8 heteroatoms. The zero-order valence-corrected chi connectivity index (χ0v) is 14.2. The van der Waals surface area contributed by atoms with Gasteiger partial charge in [-0.2, -0.15) is 13.2 Å². The monoisotopic (exact) mass is 362 g/mol. The first-order chi connectivity index (χ1) is 10.8. The van der Waals surface area contributed by atoms with Crippen molar-refractivity contribution in [2.75, 3.05) is 18.4 Å². The van der Waals surface area contributed by atoms with Crippen molar-refractivity contribution in [3.05, 3.63) is 29.8 Å². The average Bonchev–Trinajstić information content (AvgIpc) is 3.00. The quantitative estimate of drug-likeness (QED) is 0.819. The SMILES string of the molecule is C[C@H](SC(=S)N1CCCC1)C(=O)Nc1ccccc1C(F)(F)F. The molecule has 0 radical (unpaired) electrons. The fourth-order valence-corrected chi connectivity index (χ4v) is 3.67. The smallest absolute Gasteiger partial charge is 0.358 e. The molecule has 1 amide bonds. The van der Waals surface area contributed by atoms with Gasteiger partial charge in [0, 0.05) is 13.1 Å². The first kappa shape index (κ1) is 18.1. The Morgan fingerprint density at radius 1 is 1.30 bits per heavy atom. The Bertz CT molecular complexity index is 586. The molecule has 0 bridgehead atoms. The molecule has 1 fully saturated rings. The zero-order valence-electron chi connectivity index (χ0n) is 12.5. The molecule has 0 unspecified atom stereocenters. The Kier molecular flexibility index (Phi) is 5.91. The summed E-state index contributed by atoms with van der Waals surface area (Å²) < 4.78 is 39.4. The van der Waals surface area contributed by atoms with Gasteiger partial charge in [0.05, 0.1) is 16.5 Å². The molecule has 3 nitrogen and oxygen atoms in total. The van der Waals surface area contributed by atoms with Crippen LogP contribution in [0.25, 0.3) is 0 Å². The molecule has 23 heavy (non-hydrogen) atoms. The summed E-state index contributed by atoms with van der Waals surface area (Å²) in [7, 11) is 0. The molecule has 1 aliphatic heterocycles. The third-order valence-corrected chi connectivity index (χ3v) is 5.08. The summed E-state index contributed by atoms with van der Waals surface area (Å²) in [6.45, 7) is 3.38. The number of alkyl halides is 3. The van der Waals surface area contributed by atoms with E-state index in [0.29, 0.717) is 4.32 Å². The highest BCUT2D eigenvalue weighted by molar-refractivity contribution is 8.23. The van der Waals surface area contributed by atoms with Crippen LogP contribution >= 0.6 is 24.0 Å². The number of halogens is 3. The fraction of sp³-hybridized carbons (Fsp3) is 0.467. The number of benzene rings is 1. The highest BCUT2D eigenvalue weighted by Crippen LogP contribution is 2.34. The van der Waals surface area contributed by atoms with Gasteiger partial charge in [-0.15, -0.1) is 0 Å². The maximum atomic E-state index is 12.9. The number of likely N-dealkylation sites (tertiary alicyclic amines) is 1. The summed E-state index contributed by atoms with van der Waals surface area (Å²) in [6.07, 6.45) is -2.37. The van der Waals surface area contributed by atoms with Crippen LogP contribution in [0.1, 0.15) is 25.3 Å². The van der Waals surface area contributed by atoms with E-state index < -0.39 is 22.9 Å². The number of nitrogens with zero attached hydrogens (tertiary/aromatic N) is 1. The minimum absolute atomic E-state index is 0.232. The van der Waals surface area contributed by atoms with Gasteiger partial charge >= 0.3 is 6.18 Å². The first-order valence-electron chi connectivity index (χ1n) is 7.21. The van der Waals surface area contributed by atoms with Crippen LogP contribution in [-0.2, 0) is 11.0 Å². The number of carbonyl (C=O) groups excluding carboxylic acids is 1. The molecule has 1 atom stereocenters. The van der Waals surface area contributed by atoms with Gasteiger partial charge in [0.25, 0.3) is 0 Å². The largest absolute Gasteiger partial charge is 0.418 e. The van der Waals surface area contributed by atoms with E-state index >= 15 is 0 Å². The van der Waals surface area contributed by atoms with Gasteiger partial charge in [0.15, 0.2) is 0 Å². The Labute approximate surface area is 142 Å². The lowest BCUT2D eigenvalue weighted by molar-refractivity contribution is -0.137. The minimum atomic E-state index is -4.51. The van der Waals surface area contributed by atoms with Crippen LogP contribution in [0.15, 0.2) is 24.3 Å². The first-order valence-corrected chi connectivity index (χ1v) is 8.50. The number of hydrogen-bond acceptors (Lipinski definition) is 3. The summed E-state index contributed by atoms with van der Waals surface area (Å²) in [5, 5.41) is 1.79. The maximum absolute atomic E-state index is 12.9. The van der Waals surface area contributed by atoms with Crippen LogP contribution < -0.4 is 5.32 Å². The number of carbonyl (C=O) groups is 1. The molecule has 0 spiro atoms. The summed E-state index contributed by atoms with van der Waals surface area (Å²) in [5.41, 5.74) is -1.09. The minimum Gasteiger partial charge on any atom is -0.358 e. The van der Waals surface area contributed by atoms with Crippen molar-refractivity contribution in [2.24, 2.45) is 0 Å². The highest BCUT2D eigenvalue weighted by Gasteiger charge is 2.34. The molecule has 1 N–H and O–H groups in total. The molecule has 2 rings (SSSR count). The normalized spacial score (nSPS) is 16.3. The van der Waals surface area contributed by atoms with E-state index in [-0.39, 0.29) is 5.69 Å².